The molecule has 4 rings (SSSR count). The molecule has 0 radical (unpaired) electrons. The van der Waals surface area contributed by atoms with E-state index in [1.165, 1.54) is 0 Å². The summed E-state index contributed by atoms with van der Waals surface area (Å²) in [7, 11) is 1.66. The van der Waals surface area contributed by atoms with Gasteiger partial charge in [0.05, 0.1) is 11.6 Å². The van der Waals surface area contributed by atoms with Crippen LogP contribution < -0.4 is 0 Å². The molecule has 5 nitrogen and oxygen atoms in total. The van der Waals surface area contributed by atoms with Crippen LogP contribution >= 0.6 is 0 Å². The van der Waals surface area contributed by atoms with Crippen LogP contribution in [0, 0.1) is 0 Å². The van der Waals surface area contributed by atoms with Crippen molar-refractivity contribution in [3.63, 3.8) is 0 Å². The number of nitrogens with zero attached hydrogens (tertiary/aromatic N) is 1. The molecular weight excluding hydrogens is 258 g/mol. The Hall–Kier alpha value is -1.88. The van der Waals surface area contributed by atoms with E-state index in [1.54, 1.807) is 19.3 Å². The fraction of sp³-hybridized carbons (Fsp3) is 0.467. The maximum absolute atomic E-state index is 12.3. The summed E-state index contributed by atoms with van der Waals surface area (Å²) >= 11 is 0. The highest BCUT2D eigenvalue weighted by molar-refractivity contribution is 5.97. The van der Waals surface area contributed by atoms with Gasteiger partial charge in [0, 0.05) is 44.2 Å². The third-order valence-corrected chi connectivity index (χ3v) is 4.74. The maximum Gasteiger partial charge on any atom is 0.331 e. The van der Waals surface area contributed by atoms with Crippen LogP contribution in [-0.2, 0) is 19.1 Å². The molecule has 0 unspecified atom stereocenters. The van der Waals surface area contributed by atoms with Crippen molar-refractivity contribution in [3.05, 3.63) is 35.5 Å². The molecule has 4 aliphatic rings. The Kier molecular flexibility index (Phi) is 2.27. The van der Waals surface area contributed by atoms with Gasteiger partial charge in [0.2, 0.25) is 5.91 Å². The Bertz CT molecular complexity index is 603. The minimum atomic E-state index is -0.540. The summed E-state index contributed by atoms with van der Waals surface area (Å²) in [6, 6.07) is 0. The third kappa shape index (κ3) is 1.31. The molecule has 1 saturated heterocycles. The Morgan fingerprint density at radius 3 is 3.05 bits per heavy atom. The van der Waals surface area contributed by atoms with Crippen molar-refractivity contribution in [2.45, 2.75) is 30.6 Å². The number of carbonyl (C=O) groups excluding carboxylic acids is 2. The minimum Gasteiger partial charge on any atom is -0.454 e. The molecule has 20 heavy (non-hydrogen) atoms. The van der Waals surface area contributed by atoms with Gasteiger partial charge < -0.3 is 14.4 Å². The topological polar surface area (TPSA) is 55.8 Å². The number of piperidine rings is 1. The number of esters is 1. The van der Waals surface area contributed by atoms with Crippen LogP contribution in [0.3, 0.4) is 0 Å². The number of rotatable bonds is 1. The summed E-state index contributed by atoms with van der Waals surface area (Å²) in [4.78, 5) is 25.8. The first-order valence-corrected chi connectivity index (χ1v) is 6.82. The molecule has 0 aromatic carbocycles. The van der Waals surface area contributed by atoms with Crippen LogP contribution in [0.15, 0.2) is 35.5 Å². The Labute approximate surface area is 116 Å². The van der Waals surface area contributed by atoms with Gasteiger partial charge in [-0.15, -0.1) is 0 Å². The fourth-order valence-electron chi connectivity index (χ4n) is 3.87. The van der Waals surface area contributed by atoms with Gasteiger partial charge in [-0.25, -0.2) is 4.79 Å². The molecule has 0 N–H and O–H groups in total. The molecule has 0 aromatic heterocycles. The number of hydrogen-bond donors (Lipinski definition) is 0. The highest BCUT2D eigenvalue weighted by Crippen LogP contribution is 2.50. The predicted octanol–water partition coefficient (Wildman–Crippen LogP) is 0.724. The van der Waals surface area contributed by atoms with Crippen LogP contribution in [0.2, 0.25) is 0 Å². The van der Waals surface area contributed by atoms with Crippen LogP contribution in [0.4, 0.5) is 0 Å². The molecule has 5 heteroatoms. The van der Waals surface area contributed by atoms with Gasteiger partial charge in [-0.2, -0.15) is 0 Å². The van der Waals surface area contributed by atoms with E-state index >= 15 is 0 Å². The monoisotopic (exact) mass is 273 g/mol. The predicted molar refractivity (Wildman–Crippen MR) is 69.7 cm³/mol. The van der Waals surface area contributed by atoms with E-state index in [0.717, 1.165) is 11.1 Å². The molecule has 3 heterocycles. The van der Waals surface area contributed by atoms with Gasteiger partial charge in [0.15, 0.2) is 0 Å². The number of carbonyl (C=O) groups is 2. The molecule has 1 spiro atoms. The number of fused-ring (bicyclic) bond motifs is 1. The second kappa shape index (κ2) is 3.82. The van der Waals surface area contributed by atoms with Crippen molar-refractivity contribution in [1.82, 2.24) is 4.90 Å². The molecule has 1 fully saturated rings. The quantitative estimate of drug-likeness (QED) is 0.661. The second-order valence-electron chi connectivity index (χ2n) is 5.60. The van der Waals surface area contributed by atoms with Crippen LogP contribution in [0.5, 0.6) is 0 Å². The lowest BCUT2D eigenvalue weighted by Crippen LogP contribution is -2.58. The average Bonchev–Trinajstić information content (AvgIpc) is 2.95. The lowest BCUT2D eigenvalue weighted by atomic mass is 9.71. The fourth-order valence-corrected chi connectivity index (χ4v) is 3.87. The van der Waals surface area contributed by atoms with E-state index in [2.05, 4.69) is 0 Å². The highest BCUT2D eigenvalue weighted by atomic mass is 16.5. The van der Waals surface area contributed by atoms with Crippen molar-refractivity contribution >= 4 is 11.9 Å². The first kappa shape index (κ1) is 11.9. The SMILES string of the molecule is CO[C@H]1C=CC2=CC(=O)N3CC[C@@H]4OC(=O)C=C4[C@]23C1. The first-order valence-electron chi connectivity index (χ1n) is 6.82. The summed E-state index contributed by atoms with van der Waals surface area (Å²) in [5.41, 5.74) is 1.32. The Morgan fingerprint density at radius 1 is 1.40 bits per heavy atom. The van der Waals surface area contributed by atoms with Crippen LogP contribution in [0.25, 0.3) is 0 Å². The number of ether oxygens (including phenoxy) is 2. The summed E-state index contributed by atoms with van der Waals surface area (Å²) in [5, 5.41) is 0. The van der Waals surface area contributed by atoms with Gasteiger partial charge in [-0.1, -0.05) is 12.2 Å². The lowest BCUT2D eigenvalue weighted by molar-refractivity contribution is -0.141. The van der Waals surface area contributed by atoms with E-state index in [0.29, 0.717) is 19.4 Å². The van der Waals surface area contributed by atoms with Gasteiger partial charge in [0.1, 0.15) is 6.10 Å². The maximum atomic E-state index is 12.3. The van der Waals surface area contributed by atoms with Gasteiger partial charge in [-0.05, 0) is 5.57 Å². The molecule has 3 atom stereocenters. The lowest BCUT2D eigenvalue weighted by Gasteiger charge is -2.49. The zero-order valence-electron chi connectivity index (χ0n) is 11.2. The molecule has 0 saturated carbocycles. The van der Waals surface area contributed by atoms with E-state index < -0.39 is 5.54 Å². The number of methoxy groups -OCH3 is 1. The van der Waals surface area contributed by atoms with Gasteiger partial charge in [0.25, 0.3) is 0 Å². The van der Waals surface area contributed by atoms with Crippen molar-refractivity contribution in [2.75, 3.05) is 13.7 Å². The zero-order chi connectivity index (χ0) is 13.9. The van der Waals surface area contributed by atoms with Crippen molar-refractivity contribution in [2.24, 2.45) is 0 Å². The summed E-state index contributed by atoms with van der Waals surface area (Å²) in [5.74, 6) is -0.288. The summed E-state index contributed by atoms with van der Waals surface area (Å²) in [6.07, 6.45) is 8.22. The summed E-state index contributed by atoms with van der Waals surface area (Å²) < 4.78 is 10.8. The molecule has 3 aliphatic heterocycles. The largest absolute Gasteiger partial charge is 0.454 e. The van der Waals surface area contributed by atoms with Gasteiger partial charge >= 0.3 is 5.97 Å². The molecule has 104 valence electrons. The number of hydrogen-bond acceptors (Lipinski definition) is 4. The first-order chi connectivity index (χ1) is 9.65. The zero-order valence-corrected chi connectivity index (χ0v) is 11.2. The minimum absolute atomic E-state index is 0.0140. The van der Waals surface area contributed by atoms with E-state index in [9.17, 15) is 9.59 Å². The van der Waals surface area contributed by atoms with Crippen molar-refractivity contribution in [1.29, 1.82) is 0 Å². The van der Waals surface area contributed by atoms with Crippen LogP contribution in [-0.4, -0.2) is 48.2 Å². The second-order valence-corrected chi connectivity index (χ2v) is 5.60. The Balaban J connectivity index is 1.88. The normalized spacial score (nSPS) is 38.0. The van der Waals surface area contributed by atoms with Crippen molar-refractivity contribution in [3.8, 4) is 0 Å². The van der Waals surface area contributed by atoms with Gasteiger partial charge in [-0.3, -0.25) is 4.79 Å². The Morgan fingerprint density at radius 2 is 2.25 bits per heavy atom. The van der Waals surface area contributed by atoms with Crippen LogP contribution in [0.1, 0.15) is 12.8 Å². The molecular formula is C15H15NO4. The van der Waals surface area contributed by atoms with E-state index in [1.807, 2.05) is 17.1 Å². The average molecular weight is 273 g/mol. The highest BCUT2D eigenvalue weighted by Gasteiger charge is 2.57. The van der Waals surface area contributed by atoms with E-state index in [4.69, 9.17) is 9.47 Å². The van der Waals surface area contributed by atoms with E-state index in [-0.39, 0.29) is 24.1 Å². The third-order valence-electron chi connectivity index (χ3n) is 4.74. The summed E-state index contributed by atoms with van der Waals surface area (Å²) in [6.45, 7) is 0.610. The molecule has 0 bridgehead atoms. The molecule has 1 aliphatic carbocycles. The molecule has 1 amide bonds. The smallest absolute Gasteiger partial charge is 0.331 e. The number of amides is 1. The molecule has 0 aromatic rings. The standard InChI is InChI=1S/C15H15NO4/c1-19-10-3-2-9-6-13(17)16-5-4-12-11(7-14(18)20-12)15(9,16)8-10/h2-3,6-7,10,12H,4-5,8H2,1H3/t10-,12-,15-/m0/s1. The van der Waals surface area contributed by atoms with Crippen molar-refractivity contribution < 1.29 is 19.1 Å².